The van der Waals surface area contributed by atoms with Crippen molar-refractivity contribution >= 4 is 18.3 Å². The molecule has 5 nitrogen and oxygen atoms in total. The molecule has 1 aromatic carbocycles. The van der Waals surface area contributed by atoms with Crippen molar-refractivity contribution in [2.75, 3.05) is 26.9 Å². The van der Waals surface area contributed by atoms with Gasteiger partial charge in [-0.05, 0) is 62.3 Å². The molecule has 0 spiro atoms. The van der Waals surface area contributed by atoms with Crippen LogP contribution in [0.5, 0.6) is 5.75 Å². The van der Waals surface area contributed by atoms with E-state index in [1.54, 1.807) is 7.11 Å². The van der Waals surface area contributed by atoms with Crippen LogP contribution in [0, 0.1) is 5.92 Å². The minimum absolute atomic E-state index is 0. The maximum Gasteiger partial charge on any atom is 0.255 e. The van der Waals surface area contributed by atoms with Gasteiger partial charge in [-0.25, -0.2) is 0 Å². The first-order chi connectivity index (χ1) is 12.2. The summed E-state index contributed by atoms with van der Waals surface area (Å²) in [5.41, 5.74) is 1.89. The summed E-state index contributed by atoms with van der Waals surface area (Å²) in [6, 6.07) is 6.83. The highest BCUT2D eigenvalue weighted by Crippen LogP contribution is 2.42. The predicted octanol–water partition coefficient (Wildman–Crippen LogP) is 2.88. The van der Waals surface area contributed by atoms with Crippen LogP contribution in [-0.4, -0.2) is 44.9 Å². The third kappa shape index (κ3) is 4.70. The molecule has 1 amide bonds. The molecule has 2 saturated carbocycles. The number of amides is 1. The van der Waals surface area contributed by atoms with Crippen LogP contribution in [0.15, 0.2) is 18.2 Å². The third-order valence-corrected chi connectivity index (χ3v) is 5.61. The van der Waals surface area contributed by atoms with Crippen molar-refractivity contribution in [1.29, 1.82) is 0 Å². The van der Waals surface area contributed by atoms with Gasteiger partial charge in [0.2, 0.25) is 0 Å². The van der Waals surface area contributed by atoms with E-state index in [0.29, 0.717) is 23.3 Å². The van der Waals surface area contributed by atoms with Gasteiger partial charge >= 0.3 is 0 Å². The lowest BCUT2D eigenvalue weighted by Crippen LogP contribution is -2.39. The Morgan fingerprint density at radius 2 is 2.00 bits per heavy atom. The standard InChI is InChI=1S/C20H28N2O3.ClH/c1-24-19-5-4-14(16-11-18(16)21-12-13-2-3-13)10-17(19)20(23)22-15-6-8-25-9-7-15;/h4-5,10,13,15-16,18,21H,2-3,6-9,11-12H2,1H3,(H,22,23);1H/t16-,18+;/m0./s1. The summed E-state index contributed by atoms with van der Waals surface area (Å²) < 4.78 is 10.8. The summed E-state index contributed by atoms with van der Waals surface area (Å²) in [6.45, 7) is 2.59. The van der Waals surface area contributed by atoms with Crippen LogP contribution in [0.3, 0.4) is 0 Å². The Morgan fingerprint density at radius 3 is 2.69 bits per heavy atom. The molecule has 2 atom stereocenters. The molecule has 144 valence electrons. The van der Waals surface area contributed by atoms with Crippen molar-refractivity contribution in [1.82, 2.24) is 10.6 Å². The first kappa shape index (κ1) is 19.5. The fraction of sp³-hybridized carbons (Fsp3) is 0.650. The van der Waals surface area contributed by atoms with E-state index in [9.17, 15) is 4.79 Å². The van der Waals surface area contributed by atoms with Crippen LogP contribution in [-0.2, 0) is 4.74 Å². The molecule has 0 unspecified atom stereocenters. The van der Waals surface area contributed by atoms with Gasteiger partial charge in [-0.2, -0.15) is 0 Å². The highest BCUT2D eigenvalue weighted by atomic mass is 35.5. The number of ether oxygens (including phenoxy) is 2. The van der Waals surface area contributed by atoms with Gasteiger partial charge in [0, 0.05) is 31.2 Å². The van der Waals surface area contributed by atoms with E-state index in [-0.39, 0.29) is 24.4 Å². The molecule has 6 heteroatoms. The summed E-state index contributed by atoms with van der Waals surface area (Å²) in [4.78, 5) is 12.7. The first-order valence-corrected chi connectivity index (χ1v) is 9.54. The molecule has 1 saturated heterocycles. The topological polar surface area (TPSA) is 59.6 Å². The fourth-order valence-electron chi connectivity index (χ4n) is 3.67. The Morgan fingerprint density at radius 1 is 1.23 bits per heavy atom. The monoisotopic (exact) mass is 380 g/mol. The van der Waals surface area contributed by atoms with Gasteiger partial charge in [-0.1, -0.05) is 6.07 Å². The molecule has 26 heavy (non-hydrogen) atoms. The third-order valence-electron chi connectivity index (χ3n) is 5.61. The normalized spacial score (nSPS) is 25.3. The Hall–Kier alpha value is -1.30. The molecular formula is C20H29ClN2O3. The van der Waals surface area contributed by atoms with E-state index < -0.39 is 0 Å². The van der Waals surface area contributed by atoms with Crippen molar-refractivity contribution in [3.05, 3.63) is 29.3 Å². The van der Waals surface area contributed by atoms with Gasteiger partial charge < -0.3 is 20.1 Å². The molecule has 0 aromatic heterocycles. The maximum absolute atomic E-state index is 12.7. The average Bonchev–Trinajstić information content (AvgIpc) is 3.55. The minimum atomic E-state index is -0.0336. The molecule has 1 aromatic rings. The van der Waals surface area contributed by atoms with E-state index in [4.69, 9.17) is 9.47 Å². The Kier molecular flexibility index (Phi) is 6.43. The molecule has 2 N–H and O–H groups in total. The van der Waals surface area contributed by atoms with E-state index in [1.165, 1.54) is 24.8 Å². The number of rotatable bonds is 7. The number of benzene rings is 1. The summed E-state index contributed by atoms with van der Waals surface area (Å²) in [7, 11) is 1.62. The Balaban J connectivity index is 0.00000196. The zero-order chi connectivity index (χ0) is 17.2. The maximum atomic E-state index is 12.7. The zero-order valence-corrected chi connectivity index (χ0v) is 16.1. The van der Waals surface area contributed by atoms with Gasteiger partial charge in [0.1, 0.15) is 5.75 Å². The van der Waals surface area contributed by atoms with Gasteiger partial charge in [-0.15, -0.1) is 12.4 Å². The lowest BCUT2D eigenvalue weighted by molar-refractivity contribution is 0.0695. The number of hydrogen-bond donors (Lipinski definition) is 2. The second-order valence-corrected chi connectivity index (χ2v) is 7.62. The van der Waals surface area contributed by atoms with Crippen molar-refractivity contribution < 1.29 is 14.3 Å². The summed E-state index contributed by atoms with van der Waals surface area (Å²) in [6.07, 6.45) is 5.68. The Bertz CT molecular complexity index is 629. The van der Waals surface area contributed by atoms with E-state index in [1.807, 2.05) is 12.1 Å². The molecule has 1 aliphatic heterocycles. The number of nitrogens with one attached hydrogen (secondary N) is 2. The van der Waals surface area contributed by atoms with Crippen LogP contribution >= 0.6 is 12.4 Å². The lowest BCUT2D eigenvalue weighted by atomic mass is 10.0. The molecule has 1 heterocycles. The highest BCUT2D eigenvalue weighted by Gasteiger charge is 2.39. The second-order valence-electron chi connectivity index (χ2n) is 7.62. The number of halogens is 1. The molecule has 0 bridgehead atoms. The van der Waals surface area contributed by atoms with E-state index in [0.717, 1.165) is 38.5 Å². The van der Waals surface area contributed by atoms with Gasteiger partial charge in [-0.3, -0.25) is 4.79 Å². The van der Waals surface area contributed by atoms with Crippen molar-refractivity contribution in [3.8, 4) is 5.75 Å². The summed E-state index contributed by atoms with van der Waals surface area (Å²) in [5, 5.41) is 6.81. The highest BCUT2D eigenvalue weighted by molar-refractivity contribution is 5.97. The van der Waals surface area contributed by atoms with Crippen LogP contribution in [0.1, 0.15) is 53.9 Å². The molecular weight excluding hydrogens is 352 g/mol. The summed E-state index contributed by atoms with van der Waals surface area (Å²) >= 11 is 0. The number of carbonyl (C=O) groups excluding carboxylic acids is 1. The van der Waals surface area contributed by atoms with Crippen molar-refractivity contribution in [2.24, 2.45) is 5.92 Å². The van der Waals surface area contributed by atoms with Crippen LogP contribution < -0.4 is 15.4 Å². The second kappa shape index (κ2) is 8.59. The zero-order valence-electron chi connectivity index (χ0n) is 15.3. The minimum Gasteiger partial charge on any atom is -0.496 e. The number of hydrogen-bond acceptors (Lipinski definition) is 4. The molecule has 4 rings (SSSR count). The van der Waals surface area contributed by atoms with Crippen molar-refractivity contribution in [2.45, 2.75) is 50.1 Å². The van der Waals surface area contributed by atoms with Crippen molar-refractivity contribution in [3.63, 3.8) is 0 Å². The quantitative estimate of drug-likeness (QED) is 0.763. The van der Waals surface area contributed by atoms with Crippen LogP contribution in [0.4, 0.5) is 0 Å². The molecule has 3 aliphatic rings. The fourth-order valence-corrected chi connectivity index (χ4v) is 3.67. The number of carbonyl (C=O) groups is 1. The van der Waals surface area contributed by atoms with E-state index in [2.05, 4.69) is 16.7 Å². The molecule has 2 aliphatic carbocycles. The summed E-state index contributed by atoms with van der Waals surface area (Å²) in [5.74, 6) is 2.04. The van der Waals surface area contributed by atoms with Gasteiger partial charge in [0.05, 0.1) is 12.7 Å². The van der Waals surface area contributed by atoms with Crippen LogP contribution in [0.25, 0.3) is 0 Å². The van der Waals surface area contributed by atoms with Gasteiger partial charge in [0.15, 0.2) is 0 Å². The predicted molar refractivity (Wildman–Crippen MR) is 103 cm³/mol. The smallest absolute Gasteiger partial charge is 0.255 e. The average molecular weight is 381 g/mol. The van der Waals surface area contributed by atoms with Crippen LogP contribution in [0.2, 0.25) is 0 Å². The lowest BCUT2D eigenvalue weighted by Gasteiger charge is -2.23. The SMILES string of the molecule is COc1ccc([C@@H]2C[C@H]2NCC2CC2)cc1C(=O)NC1CCOCC1.Cl. The largest absolute Gasteiger partial charge is 0.496 e. The molecule has 3 fully saturated rings. The van der Waals surface area contributed by atoms with Gasteiger partial charge in [0.25, 0.3) is 5.91 Å². The Labute approximate surface area is 161 Å². The first-order valence-electron chi connectivity index (χ1n) is 9.54. The molecule has 0 radical (unpaired) electrons. The number of methoxy groups -OCH3 is 1. The van der Waals surface area contributed by atoms with E-state index >= 15 is 0 Å².